The molecule has 30 heavy (non-hydrogen) atoms. The van der Waals surface area contributed by atoms with Gasteiger partial charge >= 0.3 is 5.97 Å². The molecule has 1 fully saturated rings. The van der Waals surface area contributed by atoms with Crippen LogP contribution in [-0.2, 0) is 11.2 Å². The monoisotopic (exact) mass is 407 g/mol. The second kappa shape index (κ2) is 8.14. The van der Waals surface area contributed by atoms with Gasteiger partial charge in [0.15, 0.2) is 0 Å². The molecule has 0 aliphatic heterocycles. The predicted octanol–water partition coefficient (Wildman–Crippen LogP) is 4.34. The number of halogens is 1. The Hall–Kier alpha value is -3.41. The SMILES string of the molecule is O=C(NC1(C(=O)O)CCC1)c1ccc2ccccc2c1OCCc1ccc(F)cc1. The molecule has 1 amide bonds. The lowest BCUT2D eigenvalue weighted by molar-refractivity contribution is -0.148. The van der Waals surface area contributed by atoms with Gasteiger partial charge in [-0.05, 0) is 48.4 Å². The molecule has 0 saturated heterocycles. The fraction of sp³-hybridized carbons (Fsp3) is 0.250. The Balaban J connectivity index is 1.60. The van der Waals surface area contributed by atoms with Gasteiger partial charge in [0, 0.05) is 11.8 Å². The molecule has 0 bridgehead atoms. The number of hydrogen-bond acceptors (Lipinski definition) is 3. The van der Waals surface area contributed by atoms with E-state index in [0.717, 1.165) is 22.8 Å². The molecule has 5 nitrogen and oxygen atoms in total. The first-order chi connectivity index (χ1) is 14.5. The van der Waals surface area contributed by atoms with E-state index in [1.54, 1.807) is 18.2 Å². The van der Waals surface area contributed by atoms with Crippen LogP contribution in [0.1, 0.15) is 35.2 Å². The number of carboxylic acids is 1. The Morgan fingerprint density at radius 1 is 1.03 bits per heavy atom. The predicted molar refractivity (Wildman–Crippen MR) is 111 cm³/mol. The zero-order valence-corrected chi connectivity index (χ0v) is 16.4. The van der Waals surface area contributed by atoms with Gasteiger partial charge in [0.1, 0.15) is 17.1 Å². The molecule has 0 spiro atoms. The van der Waals surface area contributed by atoms with Crippen molar-refractivity contribution in [3.63, 3.8) is 0 Å². The summed E-state index contributed by atoms with van der Waals surface area (Å²) in [7, 11) is 0. The lowest BCUT2D eigenvalue weighted by atomic mass is 9.76. The van der Waals surface area contributed by atoms with Crippen LogP contribution in [0, 0.1) is 5.82 Å². The average Bonchev–Trinajstić information content (AvgIpc) is 2.71. The van der Waals surface area contributed by atoms with Crippen molar-refractivity contribution < 1.29 is 23.8 Å². The maximum atomic E-state index is 13.1. The van der Waals surface area contributed by atoms with E-state index in [-0.39, 0.29) is 5.82 Å². The maximum absolute atomic E-state index is 13.1. The van der Waals surface area contributed by atoms with Crippen LogP contribution in [0.4, 0.5) is 4.39 Å². The van der Waals surface area contributed by atoms with Gasteiger partial charge in [-0.25, -0.2) is 9.18 Å². The molecule has 0 unspecified atom stereocenters. The van der Waals surface area contributed by atoms with Crippen LogP contribution in [-0.4, -0.2) is 29.1 Å². The molecule has 1 aliphatic carbocycles. The smallest absolute Gasteiger partial charge is 0.329 e. The van der Waals surface area contributed by atoms with E-state index in [4.69, 9.17) is 4.74 Å². The number of fused-ring (bicyclic) bond motifs is 1. The van der Waals surface area contributed by atoms with Crippen LogP contribution in [0.5, 0.6) is 5.75 Å². The number of hydrogen-bond donors (Lipinski definition) is 2. The highest BCUT2D eigenvalue weighted by molar-refractivity contribution is 6.05. The topological polar surface area (TPSA) is 75.6 Å². The van der Waals surface area contributed by atoms with Gasteiger partial charge in [-0.1, -0.05) is 42.5 Å². The van der Waals surface area contributed by atoms with Crippen LogP contribution in [0.2, 0.25) is 0 Å². The fourth-order valence-electron chi connectivity index (χ4n) is 3.71. The standard InChI is InChI=1S/C24H22FNO4/c25-18-9-6-16(7-10-18)12-15-30-21-19-5-2-1-4-17(19)8-11-20(21)22(27)26-24(23(28)29)13-3-14-24/h1-2,4-11H,3,12-15H2,(H,26,27)(H,28,29). The summed E-state index contributed by atoms with van der Waals surface area (Å²) < 4.78 is 19.1. The number of amides is 1. The van der Waals surface area contributed by atoms with E-state index < -0.39 is 17.4 Å². The van der Waals surface area contributed by atoms with Gasteiger partial charge in [0.2, 0.25) is 0 Å². The first-order valence-electron chi connectivity index (χ1n) is 9.93. The molecule has 0 heterocycles. The van der Waals surface area contributed by atoms with E-state index in [9.17, 15) is 19.1 Å². The molecule has 3 aromatic rings. The number of nitrogens with one attached hydrogen (secondary N) is 1. The molecule has 0 atom stereocenters. The molecule has 154 valence electrons. The van der Waals surface area contributed by atoms with Crippen LogP contribution in [0.15, 0.2) is 60.7 Å². The summed E-state index contributed by atoms with van der Waals surface area (Å²) in [6.45, 7) is 0.296. The van der Waals surface area contributed by atoms with Gasteiger partial charge in [-0.15, -0.1) is 0 Å². The quantitative estimate of drug-likeness (QED) is 0.611. The molecule has 3 aromatic carbocycles. The van der Waals surface area contributed by atoms with E-state index in [2.05, 4.69) is 5.32 Å². The van der Waals surface area contributed by atoms with Gasteiger partial charge in [-0.3, -0.25) is 4.79 Å². The van der Waals surface area contributed by atoms with Crippen molar-refractivity contribution >= 4 is 22.6 Å². The Morgan fingerprint density at radius 2 is 1.77 bits per heavy atom. The van der Waals surface area contributed by atoms with Crippen LogP contribution < -0.4 is 10.1 Å². The highest BCUT2D eigenvalue weighted by Crippen LogP contribution is 2.34. The maximum Gasteiger partial charge on any atom is 0.329 e. The molecule has 1 saturated carbocycles. The van der Waals surface area contributed by atoms with Crippen molar-refractivity contribution in [3.8, 4) is 5.75 Å². The Morgan fingerprint density at radius 3 is 2.43 bits per heavy atom. The van der Waals surface area contributed by atoms with Gasteiger partial charge < -0.3 is 15.2 Å². The zero-order valence-electron chi connectivity index (χ0n) is 16.4. The van der Waals surface area contributed by atoms with Crippen molar-refractivity contribution in [2.24, 2.45) is 0 Å². The third-order valence-electron chi connectivity index (χ3n) is 5.64. The number of carboxylic acid groups (broad SMARTS) is 1. The molecule has 2 N–H and O–H groups in total. The average molecular weight is 407 g/mol. The minimum atomic E-state index is -1.20. The van der Waals surface area contributed by atoms with Crippen LogP contribution in [0.25, 0.3) is 10.8 Å². The summed E-state index contributed by atoms with van der Waals surface area (Å²) in [5.74, 6) is -1.34. The molecule has 1 aliphatic rings. The lowest BCUT2D eigenvalue weighted by Crippen LogP contribution is -2.59. The highest BCUT2D eigenvalue weighted by Gasteiger charge is 2.46. The van der Waals surface area contributed by atoms with E-state index >= 15 is 0 Å². The molecule has 4 rings (SSSR count). The summed E-state index contributed by atoms with van der Waals surface area (Å²) in [6.07, 6.45) is 2.15. The van der Waals surface area contributed by atoms with Crippen molar-refractivity contribution in [2.45, 2.75) is 31.2 Å². The number of rotatable bonds is 7. The number of carbonyl (C=O) groups excluding carboxylic acids is 1. The Kier molecular flexibility index (Phi) is 5.40. The summed E-state index contributed by atoms with van der Waals surface area (Å²) in [5, 5.41) is 13.9. The van der Waals surface area contributed by atoms with Gasteiger partial charge in [-0.2, -0.15) is 0 Å². The number of carbonyl (C=O) groups is 2. The third-order valence-corrected chi connectivity index (χ3v) is 5.64. The first-order valence-corrected chi connectivity index (χ1v) is 9.93. The van der Waals surface area contributed by atoms with Crippen molar-refractivity contribution in [1.82, 2.24) is 5.32 Å². The second-order valence-electron chi connectivity index (χ2n) is 7.58. The van der Waals surface area contributed by atoms with Crippen molar-refractivity contribution in [1.29, 1.82) is 0 Å². The summed E-state index contributed by atoms with van der Waals surface area (Å²) >= 11 is 0. The Bertz CT molecular complexity index is 1090. The lowest BCUT2D eigenvalue weighted by Gasteiger charge is -2.38. The summed E-state index contributed by atoms with van der Waals surface area (Å²) in [6, 6.07) is 17.2. The first kappa shape index (κ1) is 19.9. The number of benzene rings is 3. The number of ether oxygens (including phenoxy) is 1. The van der Waals surface area contributed by atoms with Crippen LogP contribution >= 0.6 is 0 Å². The summed E-state index contributed by atoms with van der Waals surface area (Å²) in [4.78, 5) is 24.6. The summed E-state index contributed by atoms with van der Waals surface area (Å²) in [5.41, 5.74) is 0.0240. The minimum absolute atomic E-state index is 0.295. The molecule has 0 aromatic heterocycles. The number of aliphatic carboxylic acids is 1. The largest absolute Gasteiger partial charge is 0.492 e. The molecular formula is C24H22FNO4. The van der Waals surface area contributed by atoms with E-state index in [0.29, 0.717) is 37.2 Å². The Labute approximate surface area is 173 Å². The van der Waals surface area contributed by atoms with E-state index in [1.165, 1.54) is 12.1 Å². The fourth-order valence-corrected chi connectivity index (χ4v) is 3.71. The van der Waals surface area contributed by atoms with E-state index in [1.807, 2.05) is 30.3 Å². The van der Waals surface area contributed by atoms with Gasteiger partial charge in [0.05, 0.1) is 12.2 Å². The third kappa shape index (κ3) is 3.85. The van der Waals surface area contributed by atoms with Crippen molar-refractivity contribution in [2.75, 3.05) is 6.61 Å². The molecular weight excluding hydrogens is 385 g/mol. The normalized spacial score (nSPS) is 14.7. The zero-order chi connectivity index (χ0) is 21.1. The van der Waals surface area contributed by atoms with Crippen molar-refractivity contribution in [3.05, 3.63) is 77.6 Å². The second-order valence-corrected chi connectivity index (χ2v) is 7.58. The molecule has 6 heteroatoms. The van der Waals surface area contributed by atoms with Gasteiger partial charge in [0.25, 0.3) is 5.91 Å². The highest BCUT2D eigenvalue weighted by atomic mass is 19.1. The molecule has 0 radical (unpaired) electrons. The van der Waals surface area contributed by atoms with Crippen LogP contribution in [0.3, 0.4) is 0 Å². The minimum Gasteiger partial charge on any atom is -0.492 e.